The highest BCUT2D eigenvalue weighted by molar-refractivity contribution is 7.95. The van der Waals surface area contributed by atoms with Gasteiger partial charge in [0, 0.05) is 25.8 Å². The lowest BCUT2D eigenvalue weighted by Gasteiger charge is -2.25. The Hall–Kier alpha value is -2.86. The van der Waals surface area contributed by atoms with Crippen LogP contribution in [0.15, 0.2) is 23.1 Å². The minimum atomic E-state index is -3.60. The first-order valence-corrected chi connectivity index (χ1v) is 10.4. The number of ether oxygens (including phenoxy) is 2. The van der Waals surface area contributed by atoms with Crippen molar-refractivity contribution >= 4 is 33.5 Å². The van der Waals surface area contributed by atoms with Gasteiger partial charge in [0.25, 0.3) is 0 Å². The summed E-state index contributed by atoms with van der Waals surface area (Å²) >= 11 is 0. The SMILES string of the molecule is CC(=O)OCCN(CCOC(C)=O)c1ccc(/C=C(/C#N)S(C)(=O)=O)c(C)c1. The van der Waals surface area contributed by atoms with Gasteiger partial charge in [-0.15, -0.1) is 0 Å². The number of sulfone groups is 1. The zero-order valence-corrected chi connectivity index (χ0v) is 17.2. The van der Waals surface area contributed by atoms with Crippen molar-refractivity contribution in [2.24, 2.45) is 0 Å². The number of benzene rings is 1. The molecule has 0 aliphatic carbocycles. The lowest BCUT2D eigenvalue weighted by atomic mass is 10.1. The van der Waals surface area contributed by atoms with Crippen LogP contribution in [-0.4, -0.2) is 52.9 Å². The standard InChI is InChI=1S/C19H24N2O6S/c1-14-11-18(6-5-17(14)12-19(13-20)28(4,24)25)21(7-9-26-15(2)22)8-10-27-16(3)23/h5-6,11-12H,7-10H2,1-4H3/b19-12-. The first-order valence-electron chi connectivity index (χ1n) is 8.48. The van der Waals surface area contributed by atoms with Crippen LogP contribution in [0, 0.1) is 18.3 Å². The lowest BCUT2D eigenvalue weighted by molar-refractivity contribution is -0.141. The number of rotatable bonds is 9. The van der Waals surface area contributed by atoms with Crippen molar-refractivity contribution in [1.29, 1.82) is 5.26 Å². The van der Waals surface area contributed by atoms with E-state index in [2.05, 4.69) is 0 Å². The number of anilines is 1. The molecule has 152 valence electrons. The van der Waals surface area contributed by atoms with Crippen LogP contribution in [0.2, 0.25) is 0 Å². The van der Waals surface area contributed by atoms with Gasteiger partial charge in [-0.25, -0.2) is 8.42 Å². The molecule has 28 heavy (non-hydrogen) atoms. The van der Waals surface area contributed by atoms with E-state index in [1.54, 1.807) is 25.1 Å². The Bertz CT molecular complexity index is 879. The van der Waals surface area contributed by atoms with Gasteiger partial charge in [0.1, 0.15) is 24.2 Å². The summed E-state index contributed by atoms with van der Waals surface area (Å²) in [6, 6.07) is 6.99. The summed E-state index contributed by atoms with van der Waals surface area (Å²) in [6.07, 6.45) is 2.31. The number of nitriles is 1. The van der Waals surface area contributed by atoms with Crippen molar-refractivity contribution < 1.29 is 27.5 Å². The van der Waals surface area contributed by atoms with Crippen LogP contribution >= 0.6 is 0 Å². The van der Waals surface area contributed by atoms with E-state index >= 15 is 0 Å². The second kappa shape index (κ2) is 10.5. The summed E-state index contributed by atoms with van der Waals surface area (Å²) in [6.45, 7) is 5.56. The van der Waals surface area contributed by atoms with Crippen molar-refractivity contribution in [3.05, 3.63) is 34.2 Å². The van der Waals surface area contributed by atoms with Crippen LogP contribution < -0.4 is 4.90 Å². The molecule has 0 spiro atoms. The molecule has 0 fully saturated rings. The van der Waals surface area contributed by atoms with Gasteiger partial charge in [-0.1, -0.05) is 6.07 Å². The average Bonchev–Trinajstić information content (AvgIpc) is 2.57. The highest BCUT2D eigenvalue weighted by atomic mass is 32.2. The molecule has 0 saturated heterocycles. The van der Waals surface area contributed by atoms with Crippen LogP contribution in [0.4, 0.5) is 5.69 Å². The molecule has 0 N–H and O–H groups in total. The van der Waals surface area contributed by atoms with E-state index in [0.717, 1.165) is 17.5 Å². The van der Waals surface area contributed by atoms with Gasteiger partial charge in [-0.05, 0) is 36.3 Å². The molecule has 0 heterocycles. The number of nitrogens with zero attached hydrogens (tertiary/aromatic N) is 2. The second-order valence-electron chi connectivity index (χ2n) is 6.10. The van der Waals surface area contributed by atoms with E-state index in [1.807, 2.05) is 11.0 Å². The maximum Gasteiger partial charge on any atom is 0.302 e. The van der Waals surface area contributed by atoms with Gasteiger partial charge >= 0.3 is 11.9 Å². The summed E-state index contributed by atoms with van der Waals surface area (Å²) in [5.74, 6) is -0.775. The molecule has 0 bridgehead atoms. The monoisotopic (exact) mass is 408 g/mol. The first kappa shape index (κ1) is 23.2. The van der Waals surface area contributed by atoms with Crippen molar-refractivity contribution in [3.8, 4) is 6.07 Å². The molecule has 0 aliphatic heterocycles. The van der Waals surface area contributed by atoms with E-state index in [1.165, 1.54) is 19.9 Å². The fourth-order valence-corrected chi connectivity index (χ4v) is 2.86. The predicted octanol–water partition coefficient (Wildman–Crippen LogP) is 1.84. The summed E-state index contributed by atoms with van der Waals surface area (Å²) in [5.41, 5.74) is 2.15. The Morgan fingerprint density at radius 2 is 1.68 bits per heavy atom. The minimum Gasteiger partial charge on any atom is -0.464 e. The van der Waals surface area contributed by atoms with E-state index < -0.39 is 9.84 Å². The average molecular weight is 408 g/mol. The molecule has 1 aromatic rings. The second-order valence-corrected chi connectivity index (χ2v) is 8.08. The zero-order valence-electron chi connectivity index (χ0n) is 16.4. The van der Waals surface area contributed by atoms with Crippen LogP contribution in [0.25, 0.3) is 6.08 Å². The summed E-state index contributed by atoms with van der Waals surface area (Å²) in [5, 5.41) is 9.05. The van der Waals surface area contributed by atoms with Gasteiger partial charge in [-0.2, -0.15) is 5.26 Å². The summed E-state index contributed by atoms with van der Waals surface area (Å²) in [7, 11) is -3.60. The highest BCUT2D eigenvalue weighted by Gasteiger charge is 2.13. The van der Waals surface area contributed by atoms with Crippen molar-refractivity contribution in [2.45, 2.75) is 20.8 Å². The third kappa shape index (κ3) is 7.80. The van der Waals surface area contributed by atoms with Crippen LogP contribution in [0.3, 0.4) is 0 Å². The van der Waals surface area contributed by atoms with Crippen LogP contribution in [0.1, 0.15) is 25.0 Å². The van der Waals surface area contributed by atoms with Crippen LogP contribution in [-0.2, 0) is 28.9 Å². The van der Waals surface area contributed by atoms with Crippen LogP contribution in [0.5, 0.6) is 0 Å². The smallest absolute Gasteiger partial charge is 0.302 e. The Labute approximate surface area is 165 Å². The third-order valence-corrected chi connectivity index (χ3v) is 4.76. The van der Waals surface area contributed by atoms with Gasteiger partial charge in [0.2, 0.25) is 0 Å². The number of carbonyl (C=O) groups is 2. The minimum absolute atomic E-state index is 0.169. The highest BCUT2D eigenvalue weighted by Crippen LogP contribution is 2.22. The third-order valence-electron chi connectivity index (χ3n) is 3.75. The summed E-state index contributed by atoms with van der Waals surface area (Å²) < 4.78 is 33.2. The fourth-order valence-electron chi connectivity index (χ4n) is 2.35. The Morgan fingerprint density at radius 1 is 1.14 bits per heavy atom. The number of esters is 2. The van der Waals surface area contributed by atoms with Crippen molar-refractivity contribution in [3.63, 3.8) is 0 Å². The maximum absolute atomic E-state index is 11.6. The molecular weight excluding hydrogens is 384 g/mol. The molecule has 1 rings (SSSR count). The maximum atomic E-state index is 11.6. The normalized spacial score (nSPS) is 11.5. The Balaban J connectivity index is 3.08. The van der Waals surface area contributed by atoms with Gasteiger partial charge in [-0.3, -0.25) is 9.59 Å². The molecule has 0 aromatic heterocycles. The molecule has 0 radical (unpaired) electrons. The molecule has 0 unspecified atom stereocenters. The number of carbonyl (C=O) groups excluding carboxylic acids is 2. The Kier molecular flexibility index (Phi) is 8.67. The lowest BCUT2D eigenvalue weighted by Crippen LogP contribution is -2.32. The largest absolute Gasteiger partial charge is 0.464 e. The number of hydrogen-bond acceptors (Lipinski definition) is 8. The molecule has 1 aromatic carbocycles. The van der Waals surface area contributed by atoms with Gasteiger partial charge in [0.05, 0.1) is 13.1 Å². The van der Waals surface area contributed by atoms with Gasteiger partial charge in [0.15, 0.2) is 9.84 Å². The molecule has 8 nitrogen and oxygen atoms in total. The predicted molar refractivity (Wildman–Crippen MR) is 105 cm³/mol. The molecule has 9 heteroatoms. The first-order chi connectivity index (χ1) is 13.0. The van der Waals surface area contributed by atoms with E-state index in [-0.39, 0.29) is 30.1 Å². The molecule has 0 saturated carbocycles. The van der Waals surface area contributed by atoms with E-state index in [9.17, 15) is 18.0 Å². The quantitative estimate of drug-likeness (QED) is 0.449. The van der Waals surface area contributed by atoms with E-state index in [4.69, 9.17) is 14.7 Å². The number of hydrogen-bond donors (Lipinski definition) is 0. The molecule has 0 atom stereocenters. The molecule has 0 amide bonds. The van der Waals surface area contributed by atoms with Crippen molar-refractivity contribution in [2.75, 3.05) is 37.5 Å². The van der Waals surface area contributed by atoms with Gasteiger partial charge < -0.3 is 14.4 Å². The summed E-state index contributed by atoms with van der Waals surface area (Å²) in [4.78, 5) is 23.5. The zero-order chi connectivity index (χ0) is 21.3. The Morgan fingerprint density at radius 3 is 2.07 bits per heavy atom. The number of allylic oxidation sites excluding steroid dienone is 1. The number of aryl methyl sites for hydroxylation is 1. The van der Waals surface area contributed by atoms with Crippen molar-refractivity contribution in [1.82, 2.24) is 0 Å². The topological polar surface area (TPSA) is 114 Å². The fraction of sp³-hybridized carbons (Fsp3) is 0.421. The molecular formula is C19H24N2O6S. The molecule has 0 aliphatic rings. The van der Waals surface area contributed by atoms with E-state index in [0.29, 0.717) is 18.7 Å².